The number of aldehydes is 2. The summed E-state index contributed by atoms with van der Waals surface area (Å²) in [6.45, 7) is 11.6. The maximum Gasteiger partial charge on any atom is 0.261 e. The summed E-state index contributed by atoms with van der Waals surface area (Å²) in [4.78, 5) is 26.1. The molecular formula is C41H50O3Si. The summed E-state index contributed by atoms with van der Waals surface area (Å²) in [6, 6.07) is 32.3. The van der Waals surface area contributed by atoms with Gasteiger partial charge in [0.05, 0.1) is 0 Å². The van der Waals surface area contributed by atoms with Crippen molar-refractivity contribution >= 4 is 36.8 Å². The van der Waals surface area contributed by atoms with Gasteiger partial charge < -0.3 is 14.0 Å². The first-order chi connectivity index (χ1) is 21.6. The summed E-state index contributed by atoms with van der Waals surface area (Å²) >= 11 is 0. The van der Waals surface area contributed by atoms with E-state index in [1.807, 2.05) is 0 Å². The fourth-order valence-electron chi connectivity index (χ4n) is 9.84. The average molecular weight is 619 g/mol. The van der Waals surface area contributed by atoms with Gasteiger partial charge in [-0.2, -0.15) is 0 Å². The molecule has 0 spiro atoms. The molecular weight excluding hydrogens is 569 g/mol. The van der Waals surface area contributed by atoms with Gasteiger partial charge in [0.2, 0.25) is 0 Å². The predicted octanol–water partition coefficient (Wildman–Crippen LogP) is 8.27. The van der Waals surface area contributed by atoms with Crippen LogP contribution in [0, 0.1) is 34.5 Å². The Balaban J connectivity index is 1.28. The molecule has 3 aliphatic carbocycles. The molecule has 3 nitrogen and oxygen atoms in total. The SMILES string of the molecule is CC(C)(C)[Si](O[C@H]1CC[C@@](C)([C@H]2CC[C@]3(C)C(c4ccccc4)=CC[C@H]3[C@@H]2C=O)[C@@H](C=O)C1)(c1ccccc1)c1ccccc1. The maximum atomic E-state index is 13.0. The summed E-state index contributed by atoms with van der Waals surface area (Å²) in [5, 5.41) is 2.43. The molecule has 6 rings (SSSR count). The molecule has 0 radical (unpaired) electrons. The van der Waals surface area contributed by atoms with Gasteiger partial charge in [-0.15, -0.1) is 0 Å². The smallest absolute Gasteiger partial charge is 0.261 e. The van der Waals surface area contributed by atoms with Crippen molar-refractivity contribution in [3.05, 3.63) is 103 Å². The van der Waals surface area contributed by atoms with Crippen molar-refractivity contribution < 1.29 is 14.0 Å². The normalized spacial score (nSPS) is 31.9. The molecule has 3 aromatic carbocycles. The van der Waals surface area contributed by atoms with Crippen LogP contribution in [0.5, 0.6) is 0 Å². The number of hydrogen-bond donors (Lipinski definition) is 0. The third-order valence-corrected chi connectivity index (χ3v) is 17.4. The lowest BCUT2D eigenvalue weighted by atomic mass is 9.49. The summed E-state index contributed by atoms with van der Waals surface area (Å²) in [5.41, 5.74) is 2.44. The zero-order valence-corrected chi connectivity index (χ0v) is 28.7. The van der Waals surface area contributed by atoms with E-state index in [4.69, 9.17) is 4.43 Å². The van der Waals surface area contributed by atoms with Crippen LogP contribution in [-0.2, 0) is 14.0 Å². The highest BCUT2D eigenvalue weighted by Crippen LogP contribution is 2.63. The Morgan fingerprint density at radius 2 is 1.33 bits per heavy atom. The zero-order chi connectivity index (χ0) is 31.9. The van der Waals surface area contributed by atoms with Crippen LogP contribution in [0.4, 0.5) is 0 Å². The maximum absolute atomic E-state index is 13.0. The average Bonchev–Trinajstić information content (AvgIpc) is 3.41. The molecule has 0 saturated heterocycles. The van der Waals surface area contributed by atoms with Crippen molar-refractivity contribution in [2.45, 2.75) is 84.3 Å². The van der Waals surface area contributed by atoms with E-state index >= 15 is 0 Å². The Morgan fingerprint density at radius 3 is 1.87 bits per heavy atom. The largest absolute Gasteiger partial charge is 0.404 e. The second-order valence-electron chi connectivity index (χ2n) is 15.5. The van der Waals surface area contributed by atoms with Gasteiger partial charge >= 0.3 is 0 Å². The summed E-state index contributed by atoms with van der Waals surface area (Å²) in [7, 11) is -2.73. The van der Waals surface area contributed by atoms with Crippen molar-refractivity contribution in [2.75, 3.05) is 0 Å². The Morgan fingerprint density at radius 1 is 0.756 bits per heavy atom. The molecule has 0 heterocycles. The topological polar surface area (TPSA) is 43.4 Å². The molecule has 0 amide bonds. The van der Waals surface area contributed by atoms with E-state index in [0.29, 0.717) is 6.42 Å². The lowest BCUT2D eigenvalue weighted by Gasteiger charge is -2.56. The fourth-order valence-corrected chi connectivity index (χ4v) is 14.6. The van der Waals surface area contributed by atoms with Crippen LogP contribution in [0.1, 0.15) is 78.7 Å². The van der Waals surface area contributed by atoms with Crippen LogP contribution in [0.15, 0.2) is 97.1 Å². The van der Waals surface area contributed by atoms with Gasteiger partial charge in [0.15, 0.2) is 0 Å². The van der Waals surface area contributed by atoms with Crippen LogP contribution in [0.3, 0.4) is 0 Å². The highest BCUT2D eigenvalue weighted by molar-refractivity contribution is 6.99. The Bertz CT molecular complexity index is 1470. The summed E-state index contributed by atoms with van der Waals surface area (Å²) < 4.78 is 7.53. The number of allylic oxidation sites excluding steroid dienone is 2. The van der Waals surface area contributed by atoms with Crippen LogP contribution in [0.2, 0.25) is 5.04 Å². The van der Waals surface area contributed by atoms with Gasteiger partial charge in [-0.1, -0.05) is 132 Å². The van der Waals surface area contributed by atoms with Gasteiger partial charge in [0.25, 0.3) is 8.32 Å². The van der Waals surface area contributed by atoms with E-state index in [-0.39, 0.29) is 45.6 Å². The first-order valence-electron chi connectivity index (χ1n) is 17.0. The fraction of sp³-hybridized carbons (Fsp3) is 0.463. The monoisotopic (exact) mass is 618 g/mol. The van der Waals surface area contributed by atoms with Crippen LogP contribution in [-0.4, -0.2) is 27.0 Å². The molecule has 0 N–H and O–H groups in total. The van der Waals surface area contributed by atoms with Crippen molar-refractivity contribution in [1.29, 1.82) is 0 Å². The van der Waals surface area contributed by atoms with E-state index in [1.165, 1.54) is 34.1 Å². The number of fused-ring (bicyclic) bond motifs is 1. The van der Waals surface area contributed by atoms with Crippen molar-refractivity contribution in [1.82, 2.24) is 0 Å². The molecule has 0 bridgehead atoms. The van der Waals surface area contributed by atoms with Crippen molar-refractivity contribution in [3.63, 3.8) is 0 Å². The molecule has 236 valence electrons. The van der Waals surface area contributed by atoms with Crippen LogP contribution >= 0.6 is 0 Å². The molecule has 7 atom stereocenters. The van der Waals surface area contributed by atoms with E-state index in [9.17, 15) is 9.59 Å². The number of rotatable bonds is 8. The second kappa shape index (κ2) is 12.3. The highest BCUT2D eigenvalue weighted by Gasteiger charge is 2.58. The molecule has 0 unspecified atom stereocenters. The molecule has 4 heteroatoms. The number of carbonyl (C=O) groups excluding carboxylic acids is 2. The third-order valence-electron chi connectivity index (χ3n) is 12.3. The van der Waals surface area contributed by atoms with E-state index < -0.39 is 8.32 Å². The zero-order valence-electron chi connectivity index (χ0n) is 27.7. The van der Waals surface area contributed by atoms with Crippen molar-refractivity contribution in [2.24, 2.45) is 34.5 Å². The first-order valence-corrected chi connectivity index (χ1v) is 18.9. The minimum absolute atomic E-state index is 0.0130. The molecule has 45 heavy (non-hydrogen) atoms. The molecule has 3 aliphatic rings. The van der Waals surface area contributed by atoms with Gasteiger partial charge in [-0.3, -0.25) is 0 Å². The molecule has 2 fully saturated rings. The van der Waals surface area contributed by atoms with E-state index in [2.05, 4.69) is 132 Å². The number of carbonyl (C=O) groups is 2. The predicted molar refractivity (Wildman–Crippen MR) is 187 cm³/mol. The lowest BCUT2D eigenvalue weighted by Crippen LogP contribution is -2.68. The Labute approximate surface area is 271 Å². The number of hydrogen-bond acceptors (Lipinski definition) is 3. The van der Waals surface area contributed by atoms with Gasteiger partial charge in [0.1, 0.15) is 12.6 Å². The van der Waals surface area contributed by atoms with Crippen LogP contribution < -0.4 is 10.4 Å². The highest BCUT2D eigenvalue weighted by atomic mass is 28.4. The molecule has 0 aromatic heterocycles. The van der Waals surface area contributed by atoms with Gasteiger partial charge in [-0.05, 0) is 87.7 Å². The van der Waals surface area contributed by atoms with E-state index in [0.717, 1.165) is 32.1 Å². The van der Waals surface area contributed by atoms with Gasteiger partial charge in [0, 0.05) is 17.9 Å². The van der Waals surface area contributed by atoms with Crippen LogP contribution in [0.25, 0.3) is 5.57 Å². The minimum atomic E-state index is -2.73. The second-order valence-corrected chi connectivity index (χ2v) is 19.8. The molecule has 0 aliphatic heterocycles. The lowest BCUT2D eigenvalue weighted by molar-refractivity contribution is -0.134. The quantitative estimate of drug-likeness (QED) is 0.189. The summed E-state index contributed by atoms with van der Waals surface area (Å²) in [5.74, 6) is 0.275. The Hall–Kier alpha value is -3.08. The summed E-state index contributed by atoms with van der Waals surface area (Å²) in [6.07, 6.45) is 10.3. The number of benzene rings is 3. The minimum Gasteiger partial charge on any atom is -0.404 e. The third kappa shape index (κ3) is 5.32. The molecule has 3 aromatic rings. The molecule has 2 saturated carbocycles. The standard InChI is InChI=1S/C41H50O3Si/c1-39(2,3)45(33-17-11-7-12-18-33,34-19-13-8-14-20-34)44-32-23-25-40(4,31(27-32)28-42)38-24-26-41(5)36(30-15-9-6-10-16-30)21-22-37(41)35(38)29-43/h6-21,28-29,31-32,35,37-38H,22-27H2,1-5H3/t31-,32+,35+,37+,38+,40-,41-/m1/s1. The van der Waals surface area contributed by atoms with E-state index in [1.54, 1.807) is 0 Å². The Kier molecular flexibility index (Phi) is 8.69. The van der Waals surface area contributed by atoms with Crippen molar-refractivity contribution in [3.8, 4) is 0 Å². The first kappa shape index (κ1) is 31.9. The van der Waals surface area contributed by atoms with Gasteiger partial charge in [-0.25, -0.2) is 0 Å².